The molecular formula is C31H38ClN3O4S. The maximum absolute atomic E-state index is 14.0. The first-order valence-corrected chi connectivity index (χ1v) is 15.2. The fraction of sp³-hybridized carbons (Fsp3) is 0.355. The van der Waals surface area contributed by atoms with Crippen LogP contribution in [0.2, 0.25) is 5.02 Å². The van der Waals surface area contributed by atoms with E-state index in [0.717, 1.165) is 39.4 Å². The van der Waals surface area contributed by atoms with Gasteiger partial charge in [-0.25, -0.2) is 8.42 Å². The summed E-state index contributed by atoms with van der Waals surface area (Å²) in [7, 11) is -4.15. The number of amides is 2. The molecule has 3 aromatic rings. The summed E-state index contributed by atoms with van der Waals surface area (Å²) >= 11 is 6.01. The van der Waals surface area contributed by atoms with E-state index in [1.54, 1.807) is 19.1 Å². The van der Waals surface area contributed by atoms with E-state index in [-0.39, 0.29) is 17.3 Å². The van der Waals surface area contributed by atoms with Crippen LogP contribution in [0.3, 0.4) is 0 Å². The standard InChI is InChI=1S/C31H38ClN3O4S/c1-6-7-18-33-31(37)25(5)34(20-26-11-9-8-10-23(26)3)30(36)21-35(28-15-12-22(2)24(4)19-28)40(38,39)29-16-13-27(32)14-17-29/h8-17,19,25H,6-7,18,20-21H2,1-5H3,(H,33,37)/t25-/m0/s1. The molecule has 0 aliphatic carbocycles. The molecule has 0 fully saturated rings. The second-order valence-electron chi connectivity index (χ2n) is 10.0. The average Bonchev–Trinajstić information content (AvgIpc) is 2.92. The van der Waals surface area contributed by atoms with E-state index in [2.05, 4.69) is 5.32 Å². The second-order valence-corrected chi connectivity index (χ2v) is 12.3. The lowest BCUT2D eigenvalue weighted by atomic mass is 10.1. The third-order valence-electron chi connectivity index (χ3n) is 7.06. The van der Waals surface area contributed by atoms with Gasteiger partial charge in [-0.1, -0.05) is 55.3 Å². The van der Waals surface area contributed by atoms with E-state index in [0.29, 0.717) is 17.3 Å². The summed E-state index contributed by atoms with van der Waals surface area (Å²) in [6.07, 6.45) is 1.75. The van der Waals surface area contributed by atoms with Crippen LogP contribution in [0, 0.1) is 20.8 Å². The maximum Gasteiger partial charge on any atom is 0.264 e. The van der Waals surface area contributed by atoms with E-state index in [4.69, 9.17) is 11.6 Å². The zero-order valence-corrected chi connectivity index (χ0v) is 25.3. The number of halogens is 1. The molecule has 0 saturated heterocycles. The third-order valence-corrected chi connectivity index (χ3v) is 9.10. The van der Waals surface area contributed by atoms with Crippen molar-refractivity contribution >= 4 is 39.1 Å². The van der Waals surface area contributed by atoms with Crippen LogP contribution in [0.15, 0.2) is 71.6 Å². The molecule has 1 N–H and O–H groups in total. The molecule has 0 unspecified atom stereocenters. The number of sulfonamides is 1. The molecule has 0 bridgehead atoms. The van der Waals surface area contributed by atoms with Gasteiger partial charge in [0, 0.05) is 18.1 Å². The number of benzene rings is 3. The predicted molar refractivity (Wildman–Crippen MR) is 161 cm³/mol. The minimum atomic E-state index is -4.15. The first-order chi connectivity index (χ1) is 18.9. The SMILES string of the molecule is CCCCNC(=O)[C@H](C)N(Cc1ccccc1C)C(=O)CN(c1ccc(C)c(C)c1)S(=O)(=O)c1ccc(Cl)cc1. The van der Waals surface area contributed by atoms with Gasteiger partial charge in [-0.05, 0) is 92.8 Å². The fourth-order valence-corrected chi connectivity index (χ4v) is 5.76. The van der Waals surface area contributed by atoms with Crippen molar-refractivity contribution in [3.63, 3.8) is 0 Å². The lowest BCUT2D eigenvalue weighted by Gasteiger charge is -2.32. The summed E-state index contributed by atoms with van der Waals surface area (Å²) in [5.74, 6) is -0.772. The van der Waals surface area contributed by atoms with Crippen LogP contribution < -0.4 is 9.62 Å². The first-order valence-electron chi connectivity index (χ1n) is 13.4. The Morgan fingerprint density at radius 2 is 1.60 bits per heavy atom. The van der Waals surface area contributed by atoms with Gasteiger partial charge < -0.3 is 10.2 Å². The second kappa shape index (κ2) is 13.8. The van der Waals surface area contributed by atoms with Crippen molar-refractivity contribution in [3.8, 4) is 0 Å². The lowest BCUT2D eigenvalue weighted by Crippen LogP contribution is -2.51. The molecule has 0 saturated carbocycles. The Morgan fingerprint density at radius 3 is 2.23 bits per heavy atom. The number of unbranched alkanes of at least 4 members (excludes halogenated alkanes) is 1. The molecule has 1 atom stereocenters. The zero-order chi connectivity index (χ0) is 29.4. The van der Waals surface area contributed by atoms with Gasteiger partial charge in [-0.2, -0.15) is 0 Å². The fourth-order valence-electron chi connectivity index (χ4n) is 4.23. The number of carbonyl (C=O) groups excluding carboxylic acids is 2. The van der Waals surface area contributed by atoms with Gasteiger partial charge in [-0.15, -0.1) is 0 Å². The minimum absolute atomic E-state index is 0.0127. The van der Waals surface area contributed by atoms with Crippen molar-refractivity contribution in [1.82, 2.24) is 10.2 Å². The van der Waals surface area contributed by atoms with Gasteiger partial charge in [0.15, 0.2) is 0 Å². The number of carbonyl (C=O) groups is 2. The molecule has 0 heterocycles. The summed E-state index contributed by atoms with van der Waals surface area (Å²) < 4.78 is 29.0. The molecular weight excluding hydrogens is 546 g/mol. The van der Waals surface area contributed by atoms with Crippen molar-refractivity contribution in [3.05, 3.63) is 94.0 Å². The molecule has 0 aliphatic rings. The number of hydrogen-bond acceptors (Lipinski definition) is 4. The van der Waals surface area contributed by atoms with Gasteiger partial charge in [0.2, 0.25) is 11.8 Å². The number of nitrogens with one attached hydrogen (secondary N) is 1. The normalized spacial score (nSPS) is 12.1. The Hall–Kier alpha value is -3.36. The molecule has 0 aromatic heterocycles. The quantitative estimate of drug-likeness (QED) is 0.273. The molecule has 0 radical (unpaired) electrons. The maximum atomic E-state index is 14.0. The topological polar surface area (TPSA) is 86.8 Å². The number of rotatable bonds is 12. The van der Waals surface area contributed by atoms with Crippen LogP contribution >= 0.6 is 11.6 Å². The van der Waals surface area contributed by atoms with Crippen LogP contribution in [0.25, 0.3) is 0 Å². The molecule has 3 aromatic carbocycles. The molecule has 7 nitrogen and oxygen atoms in total. The van der Waals surface area contributed by atoms with Gasteiger partial charge >= 0.3 is 0 Å². The Labute approximate surface area is 243 Å². The van der Waals surface area contributed by atoms with Gasteiger partial charge in [0.25, 0.3) is 10.0 Å². The highest BCUT2D eigenvalue weighted by Crippen LogP contribution is 2.27. The number of hydrogen-bond donors (Lipinski definition) is 1. The van der Waals surface area contributed by atoms with Crippen LogP contribution in [-0.2, 0) is 26.2 Å². The summed E-state index contributed by atoms with van der Waals surface area (Å²) in [5.41, 5.74) is 4.10. The van der Waals surface area contributed by atoms with E-state index in [1.807, 2.05) is 58.0 Å². The van der Waals surface area contributed by atoms with Crippen molar-refractivity contribution in [1.29, 1.82) is 0 Å². The van der Waals surface area contributed by atoms with Crippen LogP contribution in [-0.4, -0.2) is 44.3 Å². The summed E-state index contributed by atoms with van der Waals surface area (Å²) in [4.78, 5) is 28.6. The molecule has 40 heavy (non-hydrogen) atoms. The minimum Gasteiger partial charge on any atom is -0.354 e. The van der Waals surface area contributed by atoms with Gasteiger partial charge in [0.05, 0.1) is 10.6 Å². The summed E-state index contributed by atoms with van der Waals surface area (Å²) in [6.45, 7) is 9.66. The Bertz CT molecular complexity index is 1440. The first kappa shape index (κ1) is 31.2. The molecule has 214 valence electrons. The van der Waals surface area contributed by atoms with Crippen LogP contribution in [0.4, 0.5) is 5.69 Å². The monoisotopic (exact) mass is 583 g/mol. The van der Waals surface area contributed by atoms with Crippen LogP contribution in [0.1, 0.15) is 48.9 Å². The summed E-state index contributed by atoms with van der Waals surface area (Å²) in [6, 6.07) is 17.9. The largest absolute Gasteiger partial charge is 0.354 e. The molecule has 9 heteroatoms. The van der Waals surface area contributed by atoms with Gasteiger partial charge in [-0.3, -0.25) is 13.9 Å². The number of aryl methyl sites for hydroxylation is 3. The molecule has 3 rings (SSSR count). The predicted octanol–water partition coefficient (Wildman–Crippen LogP) is 5.79. The molecule has 2 amide bonds. The zero-order valence-electron chi connectivity index (χ0n) is 23.8. The molecule has 0 spiro atoms. The highest BCUT2D eigenvalue weighted by molar-refractivity contribution is 7.92. The lowest BCUT2D eigenvalue weighted by molar-refractivity contribution is -0.139. The van der Waals surface area contributed by atoms with E-state index in [1.165, 1.54) is 29.2 Å². The highest BCUT2D eigenvalue weighted by atomic mass is 35.5. The van der Waals surface area contributed by atoms with Crippen molar-refractivity contribution < 1.29 is 18.0 Å². The average molecular weight is 584 g/mol. The summed E-state index contributed by atoms with van der Waals surface area (Å²) in [5, 5.41) is 3.30. The van der Waals surface area contributed by atoms with Crippen LogP contribution in [0.5, 0.6) is 0 Å². The van der Waals surface area contributed by atoms with Crippen molar-refractivity contribution in [2.45, 2.75) is 64.9 Å². The Morgan fingerprint density at radius 1 is 0.925 bits per heavy atom. The highest BCUT2D eigenvalue weighted by Gasteiger charge is 2.32. The van der Waals surface area contributed by atoms with Crippen molar-refractivity contribution in [2.24, 2.45) is 0 Å². The van der Waals surface area contributed by atoms with E-state index < -0.39 is 28.5 Å². The number of nitrogens with zero attached hydrogens (tertiary/aromatic N) is 2. The van der Waals surface area contributed by atoms with E-state index >= 15 is 0 Å². The Kier molecular flexibility index (Phi) is 10.8. The smallest absolute Gasteiger partial charge is 0.264 e. The number of anilines is 1. The Balaban J connectivity index is 2.03. The molecule has 0 aliphatic heterocycles. The van der Waals surface area contributed by atoms with Crippen molar-refractivity contribution in [2.75, 3.05) is 17.4 Å². The van der Waals surface area contributed by atoms with Gasteiger partial charge in [0.1, 0.15) is 12.6 Å². The third kappa shape index (κ3) is 7.64. The van der Waals surface area contributed by atoms with E-state index in [9.17, 15) is 18.0 Å².